The summed E-state index contributed by atoms with van der Waals surface area (Å²) in [6, 6.07) is 4.26. The minimum atomic E-state index is 0.364. The number of hydrogen-bond acceptors (Lipinski definition) is 6. The maximum Gasteiger partial charge on any atom is 0.244 e. The molecular weight excluding hydrogens is 240 g/mol. The van der Waals surface area contributed by atoms with Crippen molar-refractivity contribution in [1.29, 1.82) is 0 Å². The van der Waals surface area contributed by atoms with Crippen molar-refractivity contribution < 1.29 is 0 Å². The average molecular weight is 258 g/mol. The topological polar surface area (TPSA) is 75.6 Å². The molecule has 2 aromatic rings. The fourth-order valence-electron chi connectivity index (χ4n) is 1.49. The molecule has 0 fully saturated rings. The molecule has 19 heavy (non-hydrogen) atoms. The molecule has 1 unspecified atom stereocenters. The molecule has 0 saturated heterocycles. The maximum atomic E-state index is 4.36. The van der Waals surface area contributed by atoms with E-state index in [0.29, 0.717) is 18.5 Å². The van der Waals surface area contributed by atoms with Gasteiger partial charge in [0.25, 0.3) is 0 Å². The van der Waals surface area contributed by atoms with Crippen LogP contribution in [-0.2, 0) is 6.54 Å². The van der Waals surface area contributed by atoms with Gasteiger partial charge < -0.3 is 10.6 Å². The van der Waals surface area contributed by atoms with Crippen molar-refractivity contribution in [1.82, 2.24) is 20.2 Å². The van der Waals surface area contributed by atoms with E-state index in [4.69, 9.17) is 0 Å². The lowest BCUT2D eigenvalue weighted by Gasteiger charge is -2.12. The van der Waals surface area contributed by atoms with Gasteiger partial charge in [0, 0.05) is 25.0 Å². The molecule has 2 aromatic heterocycles. The van der Waals surface area contributed by atoms with Crippen molar-refractivity contribution in [2.24, 2.45) is 0 Å². The highest BCUT2D eigenvalue weighted by Gasteiger charge is 2.03. The van der Waals surface area contributed by atoms with E-state index < -0.39 is 0 Å². The van der Waals surface area contributed by atoms with E-state index in [2.05, 4.69) is 44.6 Å². The molecule has 0 aliphatic rings. The first-order valence-electron chi connectivity index (χ1n) is 6.37. The number of hydrogen-bond donors (Lipinski definition) is 2. The molecule has 0 saturated carbocycles. The zero-order chi connectivity index (χ0) is 13.5. The van der Waals surface area contributed by atoms with Crippen LogP contribution in [-0.4, -0.2) is 26.2 Å². The van der Waals surface area contributed by atoms with Crippen LogP contribution < -0.4 is 10.6 Å². The van der Waals surface area contributed by atoms with E-state index in [1.807, 2.05) is 18.3 Å². The number of anilines is 2. The highest BCUT2D eigenvalue weighted by atomic mass is 15.3. The molecule has 0 aliphatic carbocycles. The second-order valence-electron chi connectivity index (χ2n) is 4.33. The van der Waals surface area contributed by atoms with Gasteiger partial charge in [0.2, 0.25) is 5.95 Å². The molecule has 0 amide bonds. The van der Waals surface area contributed by atoms with Crippen LogP contribution in [0.3, 0.4) is 0 Å². The van der Waals surface area contributed by atoms with Crippen LogP contribution in [0.25, 0.3) is 0 Å². The van der Waals surface area contributed by atoms with Crippen molar-refractivity contribution in [3.63, 3.8) is 0 Å². The van der Waals surface area contributed by atoms with Gasteiger partial charge in [-0.15, -0.1) is 5.10 Å². The lowest BCUT2D eigenvalue weighted by atomic mass is 10.3. The highest BCUT2D eigenvalue weighted by Crippen LogP contribution is 2.07. The van der Waals surface area contributed by atoms with Crippen LogP contribution in [0.15, 0.2) is 30.7 Å². The van der Waals surface area contributed by atoms with Crippen LogP contribution in [0.4, 0.5) is 11.8 Å². The van der Waals surface area contributed by atoms with Crippen LogP contribution in [0.5, 0.6) is 0 Å². The Balaban J connectivity index is 1.95. The standard InChI is InChI=1S/C13H18N6/c1-3-10(2)17-12-9-16-19-13(18-12)15-8-11-5-4-6-14-7-11/h4-7,9-10H,3,8H2,1-2H3,(H2,15,17,18,19). The Bertz CT molecular complexity index is 501. The molecule has 2 rings (SSSR count). The number of nitrogens with zero attached hydrogens (tertiary/aromatic N) is 4. The van der Waals surface area contributed by atoms with Crippen molar-refractivity contribution >= 4 is 11.8 Å². The van der Waals surface area contributed by atoms with Crippen LogP contribution in [0, 0.1) is 0 Å². The Labute approximate surface area is 112 Å². The Morgan fingerprint density at radius 2 is 2.21 bits per heavy atom. The van der Waals surface area contributed by atoms with Gasteiger partial charge in [-0.05, 0) is 25.0 Å². The summed E-state index contributed by atoms with van der Waals surface area (Å²) in [6.07, 6.45) is 6.21. The van der Waals surface area contributed by atoms with E-state index >= 15 is 0 Å². The summed E-state index contributed by atoms with van der Waals surface area (Å²) in [4.78, 5) is 8.42. The molecule has 100 valence electrons. The molecule has 0 spiro atoms. The Morgan fingerprint density at radius 1 is 1.32 bits per heavy atom. The van der Waals surface area contributed by atoms with Gasteiger partial charge in [-0.3, -0.25) is 4.98 Å². The van der Waals surface area contributed by atoms with E-state index in [1.165, 1.54) is 0 Å². The third kappa shape index (κ3) is 4.17. The largest absolute Gasteiger partial charge is 0.366 e. The summed E-state index contributed by atoms with van der Waals surface area (Å²) in [5.41, 5.74) is 1.08. The predicted octanol–water partition coefficient (Wildman–Crippen LogP) is 2.09. The van der Waals surface area contributed by atoms with E-state index in [9.17, 15) is 0 Å². The molecule has 2 N–H and O–H groups in total. The Kier molecular flexibility index (Phi) is 4.60. The van der Waals surface area contributed by atoms with Crippen molar-refractivity contribution in [3.8, 4) is 0 Å². The van der Waals surface area contributed by atoms with Gasteiger partial charge in [-0.25, -0.2) is 0 Å². The normalized spacial score (nSPS) is 11.9. The maximum absolute atomic E-state index is 4.36. The first-order valence-corrected chi connectivity index (χ1v) is 6.37. The van der Waals surface area contributed by atoms with Gasteiger partial charge in [-0.2, -0.15) is 10.1 Å². The number of aromatic nitrogens is 4. The van der Waals surface area contributed by atoms with Gasteiger partial charge in [0.1, 0.15) is 0 Å². The van der Waals surface area contributed by atoms with Crippen LogP contribution >= 0.6 is 0 Å². The molecule has 6 heteroatoms. The Morgan fingerprint density at radius 3 is 2.95 bits per heavy atom. The van der Waals surface area contributed by atoms with Gasteiger partial charge >= 0.3 is 0 Å². The molecule has 1 atom stereocenters. The lowest BCUT2D eigenvalue weighted by Crippen LogP contribution is -2.16. The summed E-state index contributed by atoms with van der Waals surface area (Å²) in [5.74, 6) is 1.25. The molecule has 2 heterocycles. The molecule has 0 aromatic carbocycles. The zero-order valence-corrected chi connectivity index (χ0v) is 11.2. The molecular formula is C13H18N6. The van der Waals surface area contributed by atoms with Gasteiger partial charge in [0.15, 0.2) is 5.82 Å². The fraction of sp³-hybridized carbons (Fsp3) is 0.385. The van der Waals surface area contributed by atoms with Crippen molar-refractivity contribution in [2.75, 3.05) is 10.6 Å². The van der Waals surface area contributed by atoms with Gasteiger partial charge in [0.05, 0.1) is 6.20 Å². The highest BCUT2D eigenvalue weighted by molar-refractivity contribution is 5.38. The predicted molar refractivity (Wildman–Crippen MR) is 74.8 cm³/mol. The second kappa shape index (κ2) is 6.63. The summed E-state index contributed by atoms with van der Waals surface area (Å²) in [6.45, 7) is 4.85. The summed E-state index contributed by atoms with van der Waals surface area (Å²) < 4.78 is 0. The second-order valence-corrected chi connectivity index (χ2v) is 4.33. The van der Waals surface area contributed by atoms with Crippen molar-refractivity contribution in [2.45, 2.75) is 32.9 Å². The first-order chi connectivity index (χ1) is 9.28. The SMILES string of the molecule is CCC(C)Nc1cnnc(NCc2cccnc2)n1. The summed E-state index contributed by atoms with van der Waals surface area (Å²) in [7, 11) is 0. The molecule has 6 nitrogen and oxygen atoms in total. The van der Waals surface area contributed by atoms with E-state index in [1.54, 1.807) is 12.4 Å². The number of pyridine rings is 1. The number of rotatable bonds is 6. The smallest absolute Gasteiger partial charge is 0.244 e. The quantitative estimate of drug-likeness (QED) is 0.826. The monoisotopic (exact) mass is 258 g/mol. The van der Waals surface area contributed by atoms with E-state index in [-0.39, 0.29) is 0 Å². The third-order valence-electron chi connectivity index (χ3n) is 2.74. The summed E-state index contributed by atoms with van der Waals surface area (Å²) in [5, 5.41) is 14.3. The van der Waals surface area contributed by atoms with E-state index in [0.717, 1.165) is 17.8 Å². The number of nitrogens with one attached hydrogen (secondary N) is 2. The molecule has 0 bridgehead atoms. The molecule has 0 radical (unpaired) electrons. The molecule has 0 aliphatic heterocycles. The fourth-order valence-corrected chi connectivity index (χ4v) is 1.49. The third-order valence-corrected chi connectivity index (χ3v) is 2.74. The zero-order valence-electron chi connectivity index (χ0n) is 11.2. The Hall–Kier alpha value is -2.24. The summed E-state index contributed by atoms with van der Waals surface area (Å²) >= 11 is 0. The van der Waals surface area contributed by atoms with Crippen LogP contribution in [0.1, 0.15) is 25.8 Å². The lowest BCUT2D eigenvalue weighted by molar-refractivity contribution is 0.755. The van der Waals surface area contributed by atoms with Gasteiger partial charge in [-0.1, -0.05) is 13.0 Å². The minimum Gasteiger partial charge on any atom is -0.366 e. The first kappa shape index (κ1) is 13.2. The van der Waals surface area contributed by atoms with Crippen LogP contribution in [0.2, 0.25) is 0 Å². The minimum absolute atomic E-state index is 0.364. The average Bonchev–Trinajstić information content (AvgIpc) is 2.46. The van der Waals surface area contributed by atoms with Crippen molar-refractivity contribution in [3.05, 3.63) is 36.3 Å².